The van der Waals surface area contributed by atoms with Crippen LogP contribution in [0.3, 0.4) is 0 Å². The van der Waals surface area contributed by atoms with E-state index in [-0.39, 0.29) is 18.1 Å². The van der Waals surface area contributed by atoms with Crippen LogP contribution in [0.25, 0.3) is 6.08 Å². The molecule has 0 radical (unpaired) electrons. The van der Waals surface area contributed by atoms with Crippen molar-refractivity contribution in [1.29, 1.82) is 0 Å². The van der Waals surface area contributed by atoms with Gasteiger partial charge in [-0.05, 0) is 17.9 Å². The summed E-state index contributed by atoms with van der Waals surface area (Å²) in [6, 6.07) is 0. The van der Waals surface area contributed by atoms with Crippen LogP contribution < -0.4 is 0 Å². The van der Waals surface area contributed by atoms with Crippen LogP contribution in [-0.4, -0.2) is 27.5 Å². The highest BCUT2D eigenvalue weighted by Crippen LogP contribution is 2.13. The summed E-state index contributed by atoms with van der Waals surface area (Å²) < 4.78 is 4.61. The molecule has 1 aromatic rings. The number of ether oxygens (including phenoxy) is 1. The molecule has 0 unspecified atom stereocenters. The number of aromatic amines is 1. The third kappa shape index (κ3) is 2.90. The molecule has 7 heteroatoms. The van der Waals surface area contributed by atoms with Gasteiger partial charge in [0.2, 0.25) is 0 Å². The number of imidazole rings is 1. The smallest absolute Gasteiger partial charge is 0.347 e. The monoisotopic (exact) mass is 211 g/mol. The third-order valence-electron chi connectivity index (χ3n) is 1.49. The van der Waals surface area contributed by atoms with Gasteiger partial charge in [0.25, 0.3) is 0 Å². The molecule has 0 saturated carbocycles. The SMILES string of the molecule is CCOC(=O)C=Cc1nc[nH]c1[N+](=O)[O-]. The van der Waals surface area contributed by atoms with Crippen molar-refractivity contribution < 1.29 is 14.5 Å². The minimum Gasteiger partial charge on any atom is -0.463 e. The van der Waals surface area contributed by atoms with E-state index in [1.807, 2.05) is 0 Å². The van der Waals surface area contributed by atoms with Crippen molar-refractivity contribution in [2.45, 2.75) is 6.92 Å². The Bertz CT molecular complexity index is 396. The Balaban J connectivity index is 2.76. The van der Waals surface area contributed by atoms with Gasteiger partial charge in [0, 0.05) is 6.08 Å². The number of aromatic nitrogens is 2. The molecule has 1 rings (SSSR count). The predicted molar refractivity (Wildman–Crippen MR) is 50.9 cm³/mol. The maximum absolute atomic E-state index is 10.9. The molecular weight excluding hydrogens is 202 g/mol. The lowest BCUT2D eigenvalue weighted by atomic mass is 10.4. The topological polar surface area (TPSA) is 98.1 Å². The number of rotatable bonds is 4. The summed E-state index contributed by atoms with van der Waals surface area (Å²) in [7, 11) is 0. The molecule has 80 valence electrons. The van der Waals surface area contributed by atoms with Crippen molar-refractivity contribution in [2.75, 3.05) is 6.61 Å². The molecule has 0 aromatic carbocycles. The Morgan fingerprint density at radius 2 is 2.53 bits per heavy atom. The summed E-state index contributed by atoms with van der Waals surface area (Å²) in [5.74, 6) is -0.814. The maximum atomic E-state index is 10.9. The Kier molecular flexibility index (Phi) is 3.55. The molecule has 0 bridgehead atoms. The molecule has 0 amide bonds. The molecule has 0 fully saturated rings. The summed E-state index contributed by atoms with van der Waals surface area (Å²) in [6.07, 6.45) is 3.50. The average Bonchev–Trinajstić information content (AvgIpc) is 2.63. The number of nitrogens with zero attached hydrogens (tertiary/aromatic N) is 2. The molecule has 1 heterocycles. The second kappa shape index (κ2) is 4.89. The van der Waals surface area contributed by atoms with E-state index >= 15 is 0 Å². The quantitative estimate of drug-likeness (QED) is 0.345. The van der Waals surface area contributed by atoms with Gasteiger partial charge in [-0.15, -0.1) is 0 Å². The van der Waals surface area contributed by atoms with E-state index in [2.05, 4.69) is 14.7 Å². The molecule has 1 N–H and O–H groups in total. The van der Waals surface area contributed by atoms with E-state index in [1.54, 1.807) is 6.92 Å². The average molecular weight is 211 g/mol. The minimum absolute atomic E-state index is 0.0908. The van der Waals surface area contributed by atoms with E-state index < -0.39 is 10.9 Å². The van der Waals surface area contributed by atoms with E-state index in [0.29, 0.717) is 0 Å². The van der Waals surface area contributed by atoms with Gasteiger partial charge in [-0.2, -0.15) is 0 Å². The molecular formula is C8H9N3O4. The van der Waals surface area contributed by atoms with E-state index in [9.17, 15) is 14.9 Å². The summed E-state index contributed by atoms with van der Waals surface area (Å²) in [4.78, 5) is 26.8. The Morgan fingerprint density at radius 3 is 3.13 bits per heavy atom. The van der Waals surface area contributed by atoms with E-state index in [4.69, 9.17) is 0 Å². The van der Waals surface area contributed by atoms with Gasteiger partial charge in [-0.1, -0.05) is 0 Å². The van der Waals surface area contributed by atoms with Crippen molar-refractivity contribution in [2.24, 2.45) is 0 Å². The highest BCUT2D eigenvalue weighted by Gasteiger charge is 2.12. The summed E-state index contributed by atoms with van der Waals surface area (Å²) in [5, 5.41) is 10.4. The zero-order valence-corrected chi connectivity index (χ0v) is 7.97. The molecule has 7 nitrogen and oxygen atoms in total. The first-order chi connectivity index (χ1) is 7.15. The number of hydrogen-bond donors (Lipinski definition) is 1. The fraction of sp³-hybridized carbons (Fsp3) is 0.250. The van der Waals surface area contributed by atoms with Gasteiger partial charge in [-0.3, -0.25) is 0 Å². The van der Waals surface area contributed by atoms with Crippen molar-refractivity contribution in [3.05, 3.63) is 28.2 Å². The zero-order chi connectivity index (χ0) is 11.3. The van der Waals surface area contributed by atoms with Crippen LogP contribution in [0.5, 0.6) is 0 Å². The van der Waals surface area contributed by atoms with Gasteiger partial charge >= 0.3 is 11.8 Å². The molecule has 0 aliphatic rings. The Labute approximate surface area is 84.9 Å². The van der Waals surface area contributed by atoms with Crippen LogP contribution in [0.4, 0.5) is 5.82 Å². The van der Waals surface area contributed by atoms with Gasteiger partial charge < -0.3 is 14.9 Å². The van der Waals surface area contributed by atoms with Gasteiger partial charge in [0.1, 0.15) is 0 Å². The van der Waals surface area contributed by atoms with Crippen LogP contribution in [0.2, 0.25) is 0 Å². The fourth-order valence-corrected chi connectivity index (χ4v) is 0.904. The van der Waals surface area contributed by atoms with E-state index in [1.165, 1.54) is 12.4 Å². The number of carbonyl (C=O) groups excluding carboxylic acids is 1. The number of carbonyl (C=O) groups is 1. The van der Waals surface area contributed by atoms with Gasteiger partial charge in [0.15, 0.2) is 12.0 Å². The lowest BCUT2D eigenvalue weighted by Crippen LogP contribution is -1.99. The number of H-pyrrole nitrogens is 1. The first-order valence-corrected chi connectivity index (χ1v) is 4.17. The van der Waals surface area contributed by atoms with Gasteiger partial charge in [0.05, 0.1) is 6.61 Å². The van der Waals surface area contributed by atoms with Crippen LogP contribution in [0.1, 0.15) is 12.6 Å². The summed E-state index contributed by atoms with van der Waals surface area (Å²) in [6.45, 7) is 1.93. The van der Waals surface area contributed by atoms with Crippen LogP contribution in [0, 0.1) is 10.1 Å². The first kappa shape index (κ1) is 10.9. The fourth-order valence-electron chi connectivity index (χ4n) is 0.904. The van der Waals surface area contributed by atoms with Crippen LogP contribution in [-0.2, 0) is 9.53 Å². The normalized spacial score (nSPS) is 10.5. The standard InChI is InChI=1S/C8H9N3O4/c1-2-15-7(12)4-3-6-8(11(13)14)10-5-9-6/h3-5H,2H2,1H3,(H,9,10). The summed E-state index contributed by atoms with van der Waals surface area (Å²) in [5.41, 5.74) is 0.0908. The molecule has 0 saturated heterocycles. The van der Waals surface area contributed by atoms with Crippen molar-refractivity contribution in [1.82, 2.24) is 9.97 Å². The minimum atomic E-state index is -0.613. The molecule has 0 atom stereocenters. The number of nitro groups is 1. The molecule has 0 aliphatic heterocycles. The highest BCUT2D eigenvalue weighted by atomic mass is 16.6. The maximum Gasteiger partial charge on any atom is 0.347 e. The Morgan fingerprint density at radius 1 is 1.80 bits per heavy atom. The lowest BCUT2D eigenvalue weighted by Gasteiger charge is -1.94. The largest absolute Gasteiger partial charge is 0.463 e. The molecule has 0 aliphatic carbocycles. The van der Waals surface area contributed by atoms with E-state index in [0.717, 1.165) is 6.08 Å². The van der Waals surface area contributed by atoms with Crippen molar-refractivity contribution >= 4 is 17.9 Å². The molecule has 15 heavy (non-hydrogen) atoms. The highest BCUT2D eigenvalue weighted by molar-refractivity contribution is 5.87. The van der Waals surface area contributed by atoms with Gasteiger partial charge in [-0.25, -0.2) is 14.8 Å². The second-order valence-corrected chi connectivity index (χ2v) is 2.48. The lowest BCUT2D eigenvalue weighted by molar-refractivity contribution is -0.389. The number of hydrogen-bond acceptors (Lipinski definition) is 5. The predicted octanol–water partition coefficient (Wildman–Crippen LogP) is 0.894. The van der Waals surface area contributed by atoms with Crippen molar-refractivity contribution in [3.8, 4) is 0 Å². The third-order valence-corrected chi connectivity index (χ3v) is 1.49. The molecule has 1 aromatic heterocycles. The summed E-state index contributed by atoms with van der Waals surface area (Å²) >= 11 is 0. The van der Waals surface area contributed by atoms with Crippen molar-refractivity contribution in [3.63, 3.8) is 0 Å². The van der Waals surface area contributed by atoms with Crippen LogP contribution in [0.15, 0.2) is 12.4 Å². The number of nitrogens with one attached hydrogen (secondary N) is 1. The molecule has 0 spiro atoms. The second-order valence-electron chi connectivity index (χ2n) is 2.48. The number of esters is 1. The zero-order valence-electron chi connectivity index (χ0n) is 7.97. The van der Waals surface area contributed by atoms with Crippen LogP contribution >= 0.6 is 0 Å². The first-order valence-electron chi connectivity index (χ1n) is 4.17. The Hall–Kier alpha value is -2.18.